The van der Waals surface area contributed by atoms with Crippen LogP contribution in [-0.4, -0.2) is 64.1 Å². The highest BCUT2D eigenvalue weighted by molar-refractivity contribution is 7.90. The van der Waals surface area contributed by atoms with Crippen LogP contribution in [0.25, 0.3) is 0 Å². The van der Waals surface area contributed by atoms with Crippen molar-refractivity contribution in [2.45, 2.75) is 29.9 Å². The number of aliphatic hydroxyl groups is 1. The molecule has 2 N–H and O–H groups in total. The van der Waals surface area contributed by atoms with Gasteiger partial charge in [0.05, 0.1) is 12.7 Å². The number of benzene rings is 1. The van der Waals surface area contributed by atoms with Crippen molar-refractivity contribution in [3.8, 4) is 5.75 Å². The first kappa shape index (κ1) is 18.2. The van der Waals surface area contributed by atoms with E-state index in [1.807, 2.05) is 14.0 Å². The molecule has 2 atom stereocenters. The van der Waals surface area contributed by atoms with E-state index >= 15 is 0 Å². The molecule has 0 bridgehead atoms. The largest absolute Gasteiger partial charge is 0.495 e. The van der Waals surface area contributed by atoms with Gasteiger partial charge in [-0.1, -0.05) is 6.07 Å². The number of rotatable bonds is 6. The van der Waals surface area contributed by atoms with Gasteiger partial charge in [0.1, 0.15) is 10.6 Å². The van der Waals surface area contributed by atoms with Gasteiger partial charge in [-0.2, -0.15) is 0 Å². The minimum Gasteiger partial charge on any atom is -0.495 e. The number of nitrogens with zero attached hydrogens (tertiary/aromatic N) is 1. The summed E-state index contributed by atoms with van der Waals surface area (Å²) in [7, 11) is 0.137. The summed E-state index contributed by atoms with van der Waals surface area (Å²) in [6.45, 7) is 4.03. The van der Waals surface area contributed by atoms with Gasteiger partial charge in [0.2, 0.25) is 0 Å². The molecule has 2 rings (SSSR count). The van der Waals surface area contributed by atoms with Gasteiger partial charge in [0.15, 0.2) is 9.84 Å². The van der Waals surface area contributed by atoms with Crippen LogP contribution in [-0.2, 0) is 9.84 Å². The Morgan fingerprint density at radius 1 is 1.48 bits per heavy atom. The van der Waals surface area contributed by atoms with Gasteiger partial charge < -0.3 is 20.1 Å². The van der Waals surface area contributed by atoms with Gasteiger partial charge >= 0.3 is 0 Å². The second-order valence-corrected chi connectivity index (χ2v) is 8.48. The zero-order valence-corrected chi connectivity index (χ0v) is 15.0. The molecule has 1 aromatic rings. The van der Waals surface area contributed by atoms with E-state index in [2.05, 4.69) is 10.2 Å². The fourth-order valence-corrected chi connectivity index (χ4v) is 3.75. The van der Waals surface area contributed by atoms with Crippen LogP contribution in [0.4, 0.5) is 0 Å². The maximum Gasteiger partial charge on any atom is 0.179 e. The Balaban J connectivity index is 2.09. The standard InChI is InChI=1S/C16H26N2O4S/c1-12(17-10-16(19)7-8-18(2)11-16)13-5-6-15(23(4,20)21)14(9-13)22-3/h5-6,9,12,17,19H,7-8,10-11H2,1-4H3. The summed E-state index contributed by atoms with van der Waals surface area (Å²) >= 11 is 0. The molecule has 1 saturated heterocycles. The molecule has 1 aromatic carbocycles. The zero-order chi connectivity index (χ0) is 17.3. The quantitative estimate of drug-likeness (QED) is 0.797. The van der Waals surface area contributed by atoms with Crippen molar-refractivity contribution in [2.75, 3.05) is 40.0 Å². The Morgan fingerprint density at radius 2 is 2.17 bits per heavy atom. The Morgan fingerprint density at radius 3 is 2.70 bits per heavy atom. The van der Waals surface area contributed by atoms with E-state index in [1.54, 1.807) is 18.2 Å². The molecule has 1 fully saturated rings. The molecule has 23 heavy (non-hydrogen) atoms. The predicted octanol–water partition coefficient (Wildman–Crippen LogP) is 0.816. The van der Waals surface area contributed by atoms with E-state index < -0.39 is 15.4 Å². The number of hydrogen-bond acceptors (Lipinski definition) is 6. The molecule has 6 nitrogen and oxygen atoms in total. The first-order chi connectivity index (χ1) is 10.6. The van der Waals surface area contributed by atoms with Crippen LogP contribution in [0.2, 0.25) is 0 Å². The van der Waals surface area contributed by atoms with Crippen molar-refractivity contribution < 1.29 is 18.3 Å². The number of likely N-dealkylation sites (tertiary alicyclic amines) is 1. The number of sulfone groups is 1. The van der Waals surface area contributed by atoms with Crippen molar-refractivity contribution in [1.29, 1.82) is 0 Å². The van der Waals surface area contributed by atoms with Crippen molar-refractivity contribution in [3.05, 3.63) is 23.8 Å². The summed E-state index contributed by atoms with van der Waals surface area (Å²) in [4.78, 5) is 2.29. The topological polar surface area (TPSA) is 78.9 Å². The van der Waals surface area contributed by atoms with Crippen molar-refractivity contribution in [2.24, 2.45) is 0 Å². The fourth-order valence-electron chi connectivity index (χ4n) is 2.92. The van der Waals surface area contributed by atoms with Crippen molar-refractivity contribution in [3.63, 3.8) is 0 Å². The predicted molar refractivity (Wildman–Crippen MR) is 89.6 cm³/mol. The van der Waals surface area contributed by atoms with Crippen LogP contribution in [0.3, 0.4) is 0 Å². The maximum absolute atomic E-state index is 11.7. The highest BCUT2D eigenvalue weighted by Gasteiger charge is 2.34. The normalized spacial score (nSPS) is 23.9. The molecule has 0 spiro atoms. The third kappa shape index (κ3) is 4.44. The zero-order valence-electron chi connectivity index (χ0n) is 14.2. The van der Waals surface area contributed by atoms with Crippen molar-refractivity contribution in [1.82, 2.24) is 10.2 Å². The highest BCUT2D eigenvalue weighted by Crippen LogP contribution is 2.28. The van der Waals surface area contributed by atoms with Gasteiger partial charge in [-0.05, 0) is 38.1 Å². The monoisotopic (exact) mass is 342 g/mol. The average molecular weight is 342 g/mol. The summed E-state index contributed by atoms with van der Waals surface area (Å²) < 4.78 is 28.7. The summed E-state index contributed by atoms with van der Waals surface area (Å²) in [6.07, 6.45) is 1.91. The lowest BCUT2D eigenvalue weighted by molar-refractivity contribution is 0.0494. The summed E-state index contributed by atoms with van der Waals surface area (Å²) in [5, 5.41) is 13.8. The van der Waals surface area contributed by atoms with Crippen LogP contribution in [0.15, 0.2) is 23.1 Å². The second kappa shape index (κ2) is 6.76. The minimum absolute atomic E-state index is 0.0209. The number of nitrogens with one attached hydrogen (secondary N) is 1. The summed E-state index contributed by atoms with van der Waals surface area (Å²) in [5.74, 6) is 0.345. The SMILES string of the molecule is COc1cc(C(C)NCC2(O)CCN(C)C2)ccc1S(C)(=O)=O. The average Bonchev–Trinajstić information content (AvgIpc) is 2.83. The van der Waals surface area contributed by atoms with Crippen LogP contribution >= 0.6 is 0 Å². The lowest BCUT2D eigenvalue weighted by Crippen LogP contribution is -2.43. The molecular weight excluding hydrogens is 316 g/mol. The van der Waals surface area contributed by atoms with E-state index in [1.165, 1.54) is 7.11 Å². The van der Waals surface area contributed by atoms with Gasteiger partial charge in [-0.25, -0.2) is 8.42 Å². The molecule has 1 heterocycles. The van der Waals surface area contributed by atoms with Crippen LogP contribution in [0, 0.1) is 0 Å². The Kier molecular flexibility index (Phi) is 5.35. The third-order valence-corrected chi connectivity index (χ3v) is 5.48. The maximum atomic E-state index is 11.7. The molecule has 1 aliphatic heterocycles. The van der Waals surface area contributed by atoms with E-state index in [0.29, 0.717) is 18.8 Å². The molecular formula is C16H26N2O4S. The van der Waals surface area contributed by atoms with Crippen molar-refractivity contribution >= 4 is 9.84 Å². The molecule has 1 aliphatic rings. The lowest BCUT2D eigenvalue weighted by Gasteiger charge is -2.25. The summed E-state index contributed by atoms with van der Waals surface area (Å²) in [5.41, 5.74) is 0.212. The molecule has 130 valence electrons. The molecule has 7 heteroatoms. The number of likely N-dealkylation sites (N-methyl/N-ethyl adjacent to an activating group) is 1. The molecule has 0 amide bonds. The van der Waals surface area contributed by atoms with Gasteiger partial charge in [0.25, 0.3) is 0 Å². The summed E-state index contributed by atoms with van der Waals surface area (Å²) in [6, 6.07) is 5.06. The van der Waals surface area contributed by atoms with E-state index in [-0.39, 0.29) is 10.9 Å². The van der Waals surface area contributed by atoms with Crippen LogP contribution in [0.1, 0.15) is 24.9 Å². The first-order valence-electron chi connectivity index (χ1n) is 7.67. The van der Waals surface area contributed by atoms with E-state index in [4.69, 9.17) is 4.74 Å². The number of hydrogen-bond donors (Lipinski definition) is 2. The van der Waals surface area contributed by atoms with E-state index in [0.717, 1.165) is 24.8 Å². The molecule has 0 saturated carbocycles. The smallest absolute Gasteiger partial charge is 0.179 e. The minimum atomic E-state index is -3.32. The second-order valence-electron chi connectivity index (χ2n) is 6.50. The molecule has 0 aromatic heterocycles. The van der Waals surface area contributed by atoms with Crippen LogP contribution < -0.4 is 10.1 Å². The first-order valence-corrected chi connectivity index (χ1v) is 9.56. The molecule has 0 radical (unpaired) electrons. The van der Waals surface area contributed by atoms with Crippen LogP contribution in [0.5, 0.6) is 5.75 Å². The molecule has 0 aliphatic carbocycles. The third-order valence-electron chi connectivity index (χ3n) is 4.35. The Bertz CT molecular complexity index is 662. The number of methoxy groups -OCH3 is 1. The van der Waals surface area contributed by atoms with Gasteiger partial charge in [-0.15, -0.1) is 0 Å². The lowest BCUT2D eigenvalue weighted by atomic mass is 10.0. The molecule has 2 unspecified atom stereocenters. The van der Waals surface area contributed by atoms with Gasteiger partial charge in [0, 0.05) is 31.9 Å². The Hall–Kier alpha value is -1.15. The van der Waals surface area contributed by atoms with Gasteiger partial charge in [-0.3, -0.25) is 0 Å². The highest BCUT2D eigenvalue weighted by atomic mass is 32.2. The fraction of sp³-hybridized carbons (Fsp3) is 0.625. The number of ether oxygens (including phenoxy) is 1. The Labute approximate surface area is 138 Å². The number of β-amino-alcohol motifs (C(OH)–C–C–N with tert-alkyl or cyclic N) is 1. The van der Waals surface area contributed by atoms with E-state index in [9.17, 15) is 13.5 Å².